The molecule has 0 spiro atoms. The van der Waals surface area contributed by atoms with Crippen molar-refractivity contribution < 1.29 is 18.3 Å². The summed E-state index contributed by atoms with van der Waals surface area (Å²) in [6, 6.07) is 1.15. The van der Waals surface area contributed by atoms with Gasteiger partial charge in [0.2, 0.25) is 0 Å². The molecule has 1 aromatic heterocycles. The smallest absolute Gasteiger partial charge is 0.308 e. The molecule has 2 bridgehead atoms. The highest BCUT2D eigenvalue weighted by Crippen LogP contribution is 2.45. The van der Waals surface area contributed by atoms with Crippen molar-refractivity contribution in [2.24, 2.45) is 5.92 Å². The van der Waals surface area contributed by atoms with Gasteiger partial charge in [0, 0.05) is 12.1 Å². The van der Waals surface area contributed by atoms with Gasteiger partial charge in [-0.15, -0.1) is 11.3 Å². The SMILES string of the molecule is Cc1csc(S(=O)(=O)N2C3CCC2C(C(=O)O)C3)c1. The van der Waals surface area contributed by atoms with Gasteiger partial charge in [-0.2, -0.15) is 4.31 Å². The van der Waals surface area contributed by atoms with Crippen molar-refractivity contribution in [3.8, 4) is 0 Å². The third-order valence-electron chi connectivity index (χ3n) is 4.03. The van der Waals surface area contributed by atoms with Crippen molar-refractivity contribution in [1.29, 1.82) is 0 Å². The minimum atomic E-state index is -3.53. The number of rotatable bonds is 3. The van der Waals surface area contributed by atoms with Gasteiger partial charge in [-0.1, -0.05) is 0 Å². The van der Waals surface area contributed by atoms with Crippen molar-refractivity contribution in [3.05, 3.63) is 17.0 Å². The van der Waals surface area contributed by atoms with Crippen molar-refractivity contribution >= 4 is 27.3 Å². The molecule has 3 heterocycles. The van der Waals surface area contributed by atoms with Crippen LogP contribution in [0.1, 0.15) is 24.8 Å². The van der Waals surface area contributed by atoms with Gasteiger partial charge in [-0.3, -0.25) is 4.79 Å². The van der Waals surface area contributed by atoms with Gasteiger partial charge in [-0.05, 0) is 43.2 Å². The Morgan fingerprint density at radius 3 is 2.74 bits per heavy atom. The molecule has 0 amide bonds. The number of nitrogens with zero attached hydrogens (tertiary/aromatic N) is 1. The Hall–Kier alpha value is -0.920. The van der Waals surface area contributed by atoms with Crippen molar-refractivity contribution in [3.63, 3.8) is 0 Å². The first-order valence-electron chi connectivity index (χ1n) is 6.23. The summed E-state index contributed by atoms with van der Waals surface area (Å²) in [5.74, 6) is -1.43. The Morgan fingerprint density at radius 1 is 1.47 bits per heavy atom. The Kier molecular flexibility index (Phi) is 2.95. The van der Waals surface area contributed by atoms with E-state index in [1.807, 2.05) is 6.92 Å². The summed E-state index contributed by atoms with van der Waals surface area (Å²) >= 11 is 1.21. The van der Waals surface area contributed by atoms with Gasteiger partial charge in [-0.25, -0.2) is 8.42 Å². The lowest BCUT2D eigenvalue weighted by molar-refractivity contribution is -0.142. The monoisotopic (exact) mass is 301 g/mol. The normalized spacial score (nSPS) is 30.9. The minimum Gasteiger partial charge on any atom is -0.481 e. The van der Waals surface area contributed by atoms with Crippen LogP contribution in [0.3, 0.4) is 0 Å². The largest absolute Gasteiger partial charge is 0.481 e. The first kappa shape index (κ1) is 13.1. The summed E-state index contributed by atoms with van der Waals surface area (Å²) in [4.78, 5) is 11.2. The molecule has 19 heavy (non-hydrogen) atoms. The van der Waals surface area contributed by atoms with E-state index in [1.54, 1.807) is 11.4 Å². The van der Waals surface area contributed by atoms with E-state index in [0.717, 1.165) is 12.0 Å². The van der Waals surface area contributed by atoms with Gasteiger partial charge in [0.05, 0.1) is 5.92 Å². The molecule has 3 unspecified atom stereocenters. The number of hydrogen-bond acceptors (Lipinski definition) is 4. The molecule has 5 nitrogen and oxygen atoms in total. The molecule has 2 saturated heterocycles. The second-order valence-corrected chi connectivity index (χ2v) is 8.24. The maximum absolute atomic E-state index is 12.6. The van der Waals surface area contributed by atoms with Crippen LogP contribution in [-0.4, -0.2) is 35.9 Å². The van der Waals surface area contributed by atoms with Gasteiger partial charge < -0.3 is 5.11 Å². The van der Waals surface area contributed by atoms with Crippen LogP contribution in [0, 0.1) is 12.8 Å². The van der Waals surface area contributed by atoms with Gasteiger partial charge in [0.15, 0.2) is 0 Å². The van der Waals surface area contributed by atoms with E-state index in [1.165, 1.54) is 15.6 Å². The first-order chi connectivity index (χ1) is 8.91. The molecule has 0 radical (unpaired) electrons. The topological polar surface area (TPSA) is 74.7 Å². The Bertz CT molecular complexity index is 621. The van der Waals surface area contributed by atoms with Crippen LogP contribution in [0.15, 0.2) is 15.7 Å². The summed E-state index contributed by atoms with van der Waals surface area (Å²) in [6.45, 7) is 1.86. The third-order valence-corrected chi connectivity index (χ3v) is 7.54. The van der Waals surface area contributed by atoms with E-state index in [0.29, 0.717) is 17.1 Å². The maximum atomic E-state index is 12.6. The van der Waals surface area contributed by atoms with Gasteiger partial charge in [0.25, 0.3) is 10.0 Å². The van der Waals surface area contributed by atoms with E-state index >= 15 is 0 Å². The van der Waals surface area contributed by atoms with Crippen LogP contribution >= 0.6 is 11.3 Å². The highest BCUT2D eigenvalue weighted by atomic mass is 32.2. The number of carbonyl (C=O) groups is 1. The highest BCUT2D eigenvalue weighted by Gasteiger charge is 2.54. The Labute approximate surface area is 115 Å². The number of fused-ring (bicyclic) bond motifs is 2. The Morgan fingerprint density at radius 2 is 2.21 bits per heavy atom. The lowest BCUT2D eigenvalue weighted by atomic mass is 9.89. The number of carboxylic acids is 1. The van der Waals surface area contributed by atoms with Gasteiger partial charge >= 0.3 is 5.97 Å². The van der Waals surface area contributed by atoms with Crippen LogP contribution in [-0.2, 0) is 14.8 Å². The minimum absolute atomic E-state index is 0.140. The summed E-state index contributed by atoms with van der Waals surface area (Å²) < 4.78 is 27.0. The molecule has 0 saturated carbocycles. The molecule has 7 heteroatoms. The summed E-state index contributed by atoms with van der Waals surface area (Å²) in [5.41, 5.74) is 0.921. The van der Waals surface area contributed by atoms with Crippen LogP contribution in [0.2, 0.25) is 0 Å². The summed E-state index contributed by atoms with van der Waals surface area (Å²) in [7, 11) is -3.53. The fourth-order valence-electron chi connectivity index (χ4n) is 3.22. The number of aliphatic carboxylic acids is 1. The average molecular weight is 301 g/mol. The lowest BCUT2D eigenvalue weighted by Crippen LogP contribution is -2.37. The van der Waals surface area contributed by atoms with Crippen LogP contribution in [0.4, 0.5) is 0 Å². The molecule has 3 atom stereocenters. The predicted molar refractivity (Wildman–Crippen MR) is 70.6 cm³/mol. The fourth-order valence-corrected chi connectivity index (χ4v) is 6.47. The van der Waals surface area contributed by atoms with E-state index in [-0.39, 0.29) is 12.1 Å². The van der Waals surface area contributed by atoms with Crippen LogP contribution in [0.25, 0.3) is 0 Å². The summed E-state index contributed by atoms with van der Waals surface area (Å²) in [5, 5.41) is 11.0. The number of aryl methyl sites for hydroxylation is 1. The molecule has 2 fully saturated rings. The molecule has 2 aliphatic heterocycles. The molecule has 104 valence electrons. The molecule has 0 aromatic carbocycles. The second-order valence-electron chi connectivity index (χ2n) is 5.26. The molecule has 0 aliphatic carbocycles. The van der Waals surface area contributed by atoms with Crippen LogP contribution in [0.5, 0.6) is 0 Å². The average Bonchev–Trinajstić information content (AvgIpc) is 3.01. The Balaban J connectivity index is 1.97. The second kappa shape index (κ2) is 4.29. The zero-order valence-corrected chi connectivity index (χ0v) is 12.1. The first-order valence-corrected chi connectivity index (χ1v) is 8.54. The molecule has 1 aromatic rings. The predicted octanol–water partition coefficient (Wildman–Crippen LogP) is 1.68. The quantitative estimate of drug-likeness (QED) is 0.922. The molecular weight excluding hydrogens is 286 g/mol. The van der Waals surface area contributed by atoms with Crippen molar-refractivity contribution in [2.45, 2.75) is 42.5 Å². The molecule has 3 rings (SSSR count). The zero-order valence-electron chi connectivity index (χ0n) is 10.4. The maximum Gasteiger partial charge on any atom is 0.308 e. The fraction of sp³-hybridized carbons (Fsp3) is 0.583. The van der Waals surface area contributed by atoms with Crippen molar-refractivity contribution in [2.75, 3.05) is 0 Å². The van der Waals surface area contributed by atoms with E-state index in [9.17, 15) is 18.3 Å². The number of carboxylic acid groups (broad SMARTS) is 1. The molecular formula is C12H15NO4S2. The van der Waals surface area contributed by atoms with Crippen LogP contribution < -0.4 is 0 Å². The van der Waals surface area contributed by atoms with E-state index in [4.69, 9.17) is 0 Å². The number of thiophene rings is 1. The van der Waals surface area contributed by atoms with Crippen molar-refractivity contribution in [1.82, 2.24) is 4.31 Å². The standard InChI is InChI=1S/C12H15NO4S2/c1-7-4-11(18-6-7)19(16,17)13-8-2-3-10(13)9(5-8)12(14)15/h4,6,8-10H,2-3,5H2,1H3,(H,14,15). The molecule has 2 aliphatic rings. The number of sulfonamides is 1. The third kappa shape index (κ3) is 1.91. The highest BCUT2D eigenvalue weighted by molar-refractivity contribution is 7.91. The lowest BCUT2D eigenvalue weighted by Gasteiger charge is -2.21. The van der Waals surface area contributed by atoms with E-state index in [2.05, 4.69) is 0 Å². The van der Waals surface area contributed by atoms with E-state index < -0.39 is 21.9 Å². The zero-order chi connectivity index (χ0) is 13.8. The summed E-state index contributed by atoms with van der Waals surface area (Å²) in [6.07, 6.45) is 1.88. The molecule has 1 N–H and O–H groups in total. The number of hydrogen-bond donors (Lipinski definition) is 1. The van der Waals surface area contributed by atoms with Gasteiger partial charge in [0.1, 0.15) is 4.21 Å².